The zero-order chi connectivity index (χ0) is 17.4. The van der Waals surface area contributed by atoms with E-state index in [1.54, 1.807) is 24.3 Å². The number of nitrogens with one attached hydrogen (secondary N) is 1. The summed E-state index contributed by atoms with van der Waals surface area (Å²) in [4.78, 5) is 23.2. The molecule has 0 saturated carbocycles. The molecule has 7 nitrogen and oxygen atoms in total. The molecule has 0 bridgehead atoms. The van der Waals surface area contributed by atoms with Crippen LogP contribution in [-0.4, -0.2) is 28.4 Å². The van der Waals surface area contributed by atoms with Crippen LogP contribution in [0.2, 0.25) is 0 Å². The Morgan fingerprint density at radius 1 is 1.38 bits per heavy atom. The molecule has 2 N–H and O–H groups in total. The molecule has 126 valence electrons. The summed E-state index contributed by atoms with van der Waals surface area (Å²) in [6.45, 7) is 2.43. The third-order valence-corrected chi connectivity index (χ3v) is 3.08. The van der Waals surface area contributed by atoms with Gasteiger partial charge < -0.3 is 14.4 Å². The van der Waals surface area contributed by atoms with Gasteiger partial charge in [0.2, 0.25) is 0 Å². The topological polar surface area (TPSA) is 92.9 Å². The molecule has 0 atom stereocenters. The van der Waals surface area contributed by atoms with Gasteiger partial charge in [0.1, 0.15) is 18.0 Å². The van der Waals surface area contributed by atoms with Crippen molar-refractivity contribution in [1.29, 1.82) is 0 Å². The SMILES string of the molecule is CCCOc1ccc(/C=N/NC(=O)Cn2ccccc2=O)c(O)c1. The van der Waals surface area contributed by atoms with Gasteiger partial charge in [-0.2, -0.15) is 5.10 Å². The minimum atomic E-state index is -0.443. The van der Waals surface area contributed by atoms with Crippen molar-refractivity contribution in [2.24, 2.45) is 5.10 Å². The van der Waals surface area contributed by atoms with E-state index in [1.807, 2.05) is 6.92 Å². The third-order valence-electron chi connectivity index (χ3n) is 3.08. The third kappa shape index (κ3) is 4.98. The summed E-state index contributed by atoms with van der Waals surface area (Å²) in [5.74, 6) is 0.127. The van der Waals surface area contributed by atoms with Crippen molar-refractivity contribution in [3.05, 3.63) is 58.5 Å². The zero-order valence-electron chi connectivity index (χ0n) is 13.3. The van der Waals surface area contributed by atoms with Gasteiger partial charge in [-0.3, -0.25) is 9.59 Å². The maximum atomic E-state index is 11.7. The van der Waals surface area contributed by atoms with E-state index in [9.17, 15) is 14.7 Å². The van der Waals surface area contributed by atoms with E-state index in [2.05, 4.69) is 10.5 Å². The number of hydrazone groups is 1. The fourth-order valence-corrected chi connectivity index (χ4v) is 1.90. The lowest BCUT2D eigenvalue weighted by atomic mass is 10.2. The van der Waals surface area contributed by atoms with Crippen LogP contribution in [0.5, 0.6) is 11.5 Å². The number of nitrogens with zero attached hydrogens (tertiary/aromatic N) is 2. The Bertz CT molecular complexity index is 783. The zero-order valence-corrected chi connectivity index (χ0v) is 13.3. The molecule has 1 amide bonds. The largest absolute Gasteiger partial charge is 0.507 e. The van der Waals surface area contributed by atoms with Gasteiger partial charge in [0, 0.05) is 23.9 Å². The van der Waals surface area contributed by atoms with Crippen LogP contribution in [0.1, 0.15) is 18.9 Å². The average molecular weight is 329 g/mol. The van der Waals surface area contributed by atoms with Crippen LogP contribution in [0.15, 0.2) is 52.5 Å². The van der Waals surface area contributed by atoms with Crippen LogP contribution in [0.3, 0.4) is 0 Å². The summed E-state index contributed by atoms with van der Waals surface area (Å²) < 4.78 is 6.67. The van der Waals surface area contributed by atoms with Crippen molar-refractivity contribution < 1.29 is 14.6 Å². The highest BCUT2D eigenvalue weighted by Crippen LogP contribution is 2.22. The van der Waals surface area contributed by atoms with Gasteiger partial charge in [-0.15, -0.1) is 0 Å². The number of pyridine rings is 1. The maximum absolute atomic E-state index is 11.7. The van der Waals surface area contributed by atoms with E-state index in [-0.39, 0.29) is 17.9 Å². The number of aromatic nitrogens is 1. The number of hydrogen-bond acceptors (Lipinski definition) is 5. The first-order valence-electron chi connectivity index (χ1n) is 7.53. The number of rotatable bonds is 7. The Morgan fingerprint density at radius 3 is 2.92 bits per heavy atom. The second-order valence-corrected chi connectivity index (χ2v) is 5.03. The fraction of sp³-hybridized carbons (Fsp3) is 0.235. The standard InChI is InChI=1S/C17H19N3O4/c1-2-9-24-14-7-6-13(15(21)10-14)11-18-19-16(22)12-20-8-4-3-5-17(20)23/h3-8,10-11,21H,2,9,12H2,1H3,(H,19,22)/b18-11+. The lowest BCUT2D eigenvalue weighted by molar-refractivity contribution is -0.121. The lowest BCUT2D eigenvalue weighted by Gasteiger charge is -2.06. The van der Waals surface area contributed by atoms with Gasteiger partial charge in [-0.05, 0) is 24.6 Å². The monoisotopic (exact) mass is 329 g/mol. The Labute approximate surface area is 139 Å². The molecule has 0 saturated heterocycles. The number of aromatic hydroxyl groups is 1. The van der Waals surface area contributed by atoms with Crippen LogP contribution >= 0.6 is 0 Å². The summed E-state index contributed by atoms with van der Waals surface area (Å²) in [6, 6.07) is 9.47. The Morgan fingerprint density at radius 2 is 2.21 bits per heavy atom. The number of hydrogen-bond donors (Lipinski definition) is 2. The predicted molar refractivity (Wildman–Crippen MR) is 90.3 cm³/mol. The summed E-state index contributed by atoms with van der Waals surface area (Å²) >= 11 is 0. The first kappa shape index (κ1) is 17.3. The molecule has 1 aromatic heterocycles. The van der Waals surface area contributed by atoms with Crippen LogP contribution in [0.25, 0.3) is 0 Å². The van der Waals surface area contributed by atoms with Gasteiger partial charge in [-0.25, -0.2) is 5.43 Å². The number of amides is 1. The second-order valence-electron chi connectivity index (χ2n) is 5.03. The molecule has 0 aliphatic heterocycles. The van der Waals surface area contributed by atoms with Crippen molar-refractivity contribution in [3.63, 3.8) is 0 Å². The van der Waals surface area contributed by atoms with Crippen molar-refractivity contribution in [3.8, 4) is 11.5 Å². The van der Waals surface area contributed by atoms with Gasteiger partial charge in [0.15, 0.2) is 0 Å². The van der Waals surface area contributed by atoms with Gasteiger partial charge >= 0.3 is 0 Å². The smallest absolute Gasteiger partial charge is 0.260 e. The molecule has 1 heterocycles. The molecule has 2 rings (SSSR count). The summed E-state index contributed by atoms with van der Waals surface area (Å²) in [5.41, 5.74) is 2.49. The highest BCUT2D eigenvalue weighted by molar-refractivity contribution is 5.85. The molecule has 0 unspecified atom stereocenters. The van der Waals surface area contributed by atoms with Crippen molar-refractivity contribution in [2.45, 2.75) is 19.9 Å². The molecule has 24 heavy (non-hydrogen) atoms. The van der Waals surface area contributed by atoms with E-state index in [1.165, 1.54) is 29.1 Å². The van der Waals surface area contributed by atoms with Crippen molar-refractivity contribution >= 4 is 12.1 Å². The number of benzene rings is 1. The fourth-order valence-electron chi connectivity index (χ4n) is 1.90. The Balaban J connectivity index is 1.92. The first-order chi connectivity index (χ1) is 11.6. The number of carbonyl (C=O) groups excluding carboxylic acids is 1. The predicted octanol–water partition coefficient (Wildman–Crippen LogP) is 1.49. The molecule has 1 aromatic carbocycles. The lowest BCUT2D eigenvalue weighted by Crippen LogP contribution is -2.28. The van der Waals surface area contributed by atoms with E-state index in [0.717, 1.165) is 6.42 Å². The molecule has 2 aromatic rings. The summed E-state index contributed by atoms with van der Waals surface area (Å²) in [6.07, 6.45) is 3.72. The molecular formula is C17H19N3O4. The van der Waals surface area contributed by atoms with E-state index in [4.69, 9.17) is 4.74 Å². The van der Waals surface area contributed by atoms with Crippen LogP contribution < -0.4 is 15.7 Å². The summed E-state index contributed by atoms with van der Waals surface area (Å²) in [5, 5.41) is 13.7. The number of phenolic OH excluding ortho intramolecular Hbond substituents is 1. The van der Waals surface area contributed by atoms with Gasteiger partial charge in [0.05, 0.1) is 12.8 Å². The molecule has 0 aliphatic carbocycles. The van der Waals surface area contributed by atoms with Gasteiger partial charge in [0.25, 0.3) is 11.5 Å². The molecular weight excluding hydrogens is 310 g/mol. The van der Waals surface area contributed by atoms with Gasteiger partial charge in [-0.1, -0.05) is 13.0 Å². The highest BCUT2D eigenvalue weighted by Gasteiger charge is 2.04. The Hall–Kier alpha value is -3.09. The molecule has 7 heteroatoms. The minimum absolute atomic E-state index is 0.000816. The van der Waals surface area contributed by atoms with E-state index < -0.39 is 5.91 Å². The van der Waals surface area contributed by atoms with E-state index in [0.29, 0.717) is 17.9 Å². The van der Waals surface area contributed by atoms with Crippen LogP contribution in [0.4, 0.5) is 0 Å². The second kappa shape index (κ2) is 8.52. The normalized spacial score (nSPS) is 10.7. The highest BCUT2D eigenvalue weighted by atomic mass is 16.5. The van der Waals surface area contributed by atoms with Crippen molar-refractivity contribution in [1.82, 2.24) is 9.99 Å². The number of ether oxygens (including phenoxy) is 1. The summed E-state index contributed by atoms with van der Waals surface area (Å²) in [7, 11) is 0. The Kier molecular flexibility index (Phi) is 6.13. The maximum Gasteiger partial charge on any atom is 0.260 e. The number of phenols is 1. The number of carbonyl (C=O) groups is 1. The average Bonchev–Trinajstić information content (AvgIpc) is 2.57. The quantitative estimate of drug-likeness (QED) is 0.594. The van der Waals surface area contributed by atoms with Crippen LogP contribution in [-0.2, 0) is 11.3 Å². The van der Waals surface area contributed by atoms with Crippen LogP contribution in [0, 0.1) is 0 Å². The molecule has 0 aliphatic rings. The molecule has 0 spiro atoms. The molecule has 0 fully saturated rings. The molecule has 0 radical (unpaired) electrons. The van der Waals surface area contributed by atoms with E-state index >= 15 is 0 Å². The van der Waals surface area contributed by atoms with Crippen molar-refractivity contribution in [2.75, 3.05) is 6.61 Å². The minimum Gasteiger partial charge on any atom is -0.507 e. The first-order valence-corrected chi connectivity index (χ1v) is 7.53.